The topological polar surface area (TPSA) is 103 Å². The molecule has 0 radical (unpaired) electrons. The lowest BCUT2D eigenvalue weighted by Crippen LogP contribution is -2.00. The molecule has 21 heavy (non-hydrogen) atoms. The Labute approximate surface area is 120 Å². The van der Waals surface area contributed by atoms with Crippen molar-refractivity contribution in [3.63, 3.8) is 0 Å². The number of aromatic nitrogens is 1. The number of carbonyl (C=O) groups is 1. The number of rotatable bonds is 4. The third-order valence-corrected chi connectivity index (χ3v) is 2.90. The third kappa shape index (κ3) is 3.14. The average molecular weight is 288 g/mol. The Morgan fingerprint density at radius 1 is 1.29 bits per heavy atom. The Hall–Kier alpha value is -2.96. The Morgan fingerprint density at radius 3 is 2.57 bits per heavy atom. The number of hydrogen-bond donors (Lipinski definition) is 1. The lowest BCUT2D eigenvalue weighted by molar-refractivity contribution is -0.385. The molecule has 0 unspecified atom stereocenters. The molecule has 1 heterocycles. The summed E-state index contributed by atoms with van der Waals surface area (Å²) in [5.74, 6) is -0.582. The van der Waals surface area contributed by atoms with Crippen molar-refractivity contribution in [2.24, 2.45) is 0 Å². The molecule has 0 amide bonds. The van der Waals surface area contributed by atoms with E-state index >= 15 is 0 Å². The molecular formula is C14H12N2O5. The summed E-state index contributed by atoms with van der Waals surface area (Å²) in [4.78, 5) is 25.2. The van der Waals surface area contributed by atoms with Crippen LogP contribution in [0.1, 0.15) is 21.5 Å². The molecule has 0 saturated carbocycles. The van der Waals surface area contributed by atoms with Crippen LogP contribution in [-0.4, -0.2) is 21.0 Å². The van der Waals surface area contributed by atoms with Crippen molar-refractivity contribution in [2.45, 2.75) is 13.8 Å². The average Bonchev–Trinajstić information content (AvgIpc) is 2.40. The largest absolute Gasteiger partial charge is 0.478 e. The minimum atomic E-state index is -1.02. The fraction of sp³-hybridized carbons (Fsp3) is 0.143. The predicted octanol–water partition coefficient (Wildman–Crippen LogP) is 3.10. The Bertz CT molecular complexity index is 727. The van der Waals surface area contributed by atoms with Gasteiger partial charge in [-0.05, 0) is 37.6 Å². The number of benzene rings is 1. The van der Waals surface area contributed by atoms with E-state index in [-0.39, 0.29) is 17.1 Å². The van der Waals surface area contributed by atoms with Gasteiger partial charge in [0.05, 0.1) is 16.6 Å². The summed E-state index contributed by atoms with van der Waals surface area (Å²) in [5.41, 5.74) is 1.05. The van der Waals surface area contributed by atoms with E-state index in [1.165, 1.54) is 30.5 Å². The van der Waals surface area contributed by atoms with Crippen LogP contribution in [0.3, 0.4) is 0 Å². The molecule has 1 aromatic carbocycles. The van der Waals surface area contributed by atoms with Crippen LogP contribution in [0.2, 0.25) is 0 Å². The molecule has 7 nitrogen and oxygen atoms in total. The molecule has 0 bridgehead atoms. The van der Waals surface area contributed by atoms with E-state index in [4.69, 9.17) is 9.84 Å². The van der Waals surface area contributed by atoms with E-state index in [2.05, 4.69) is 4.98 Å². The zero-order valence-electron chi connectivity index (χ0n) is 11.4. The maximum Gasteiger partial charge on any atom is 0.335 e. The van der Waals surface area contributed by atoms with Crippen molar-refractivity contribution in [1.82, 2.24) is 4.98 Å². The smallest absolute Gasteiger partial charge is 0.335 e. The van der Waals surface area contributed by atoms with Gasteiger partial charge in [-0.15, -0.1) is 0 Å². The van der Waals surface area contributed by atoms with E-state index in [9.17, 15) is 14.9 Å². The highest BCUT2D eigenvalue weighted by Crippen LogP contribution is 2.26. The first-order chi connectivity index (χ1) is 9.88. The second kappa shape index (κ2) is 5.58. The van der Waals surface area contributed by atoms with E-state index in [1.54, 1.807) is 13.8 Å². The predicted molar refractivity (Wildman–Crippen MR) is 73.8 cm³/mol. The molecule has 1 aromatic heterocycles. The van der Waals surface area contributed by atoms with Gasteiger partial charge in [0.2, 0.25) is 5.88 Å². The van der Waals surface area contributed by atoms with E-state index < -0.39 is 10.9 Å². The standard InChI is InChI=1S/C14H12N2O5/c1-8-5-10(3-4-11(8)14(17)18)21-13-6-12(16(19)20)9(2)7-15-13/h3-7H,1-2H3,(H,17,18). The number of carboxylic acids is 1. The van der Waals surface area contributed by atoms with Crippen LogP contribution in [0.15, 0.2) is 30.5 Å². The van der Waals surface area contributed by atoms with Crippen LogP contribution < -0.4 is 4.74 Å². The van der Waals surface area contributed by atoms with E-state index in [0.29, 0.717) is 16.9 Å². The van der Waals surface area contributed by atoms with Gasteiger partial charge in [-0.3, -0.25) is 10.1 Å². The monoisotopic (exact) mass is 288 g/mol. The normalized spacial score (nSPS) is 10.2. The molecule has 0 fully saturated rings. The molecule has 0 saturated heterocycles. The summed E-state index contributed by atoms with van der Waals surface area (Å²) in [6.45, 7) is 3.22. The fourth-order valence-corrected chi connectivity index (χ4v) is 1.81. The minimum absolute atomic E-state index is 0.0785. The minimum Gasteiger partial charge on any atom is -0.478 e. The molecular weight excluding hydrogens is 276 g/mol. The van der Waals surface area contributed by atoms with Gasteiger partial charge in [-0.2, -0.15) is 0 Å². The van der Waals surface area contributed by atoms with Gasteiger partial charge in [0.25, 0.3) is 5.69 Å². The molecule has 2 aromatic rings. The first-order valence-electron chi connectivity index (χ1n) is 6.01. The number of nitrogens with zero attached hydrogens (tertiary/aromatic N) is 2. The summed E-state index contributed by atoms with van der Waals surface area (Å²) >= 11 is 0. The molecule has 0 spiro atoms. The number of nitro groups is 1. The van der Waals surface area contributed by atoms with Crippen LogP contribution >= 0.6 is 0 Å². The van der Waals surface area contributed by atoms with E-state index in [1.807, 2.05) is 0 Å². The second-order valence-electron chi connectivity index (χ2n) is 4.45. The Balaban J connectivity index is 2.30. The summed E-state index contributed by atoms with van der Waals surface area (Å²) in [6.07, 6.45) is 1.35. The maximum absolute atomic E-state index is 10.9. The number of aromatic carboxylic acids is 1. The van der Waals surface area contributed by atoms with Crippen LogP contribution in [0.4, 0.5) is 5.69 Å². The molecule has 0 aliphatic carbocycles. The van der Waals surface area contributed by atoms with Gasteiger partial charge in [0.1, 0.15) is 5.75 Å². The fourth-order valence-electron chi connectivity index (χ4n) is 1.81. The Kier molecular flexibility index (Phi) is 3.84. The maximum atomic E-state index is 10.9. The molecule has 0 atom stereocenters. The van der Waals surface area contributed by atoms with Gasteiger partial charge in [-0.25, -0.2) is 9.78 Å². The van der Waals surface area contributed by atoms with Crippen molar-refractivity contribution in [3.8, 4) is 11.6 Å². The summed E-state index contributed by atoms with van der Waals surface area (Å²) in [7, 11) is 0. The number of hydrogen-bond acceptors (Lipinski definition) is 5. The van der Waals surface area contributed by atoms with Crippen molar-refractivity contribution in [3.05, 3.63) is 57.3 Å². The number of aryl methyl sites for hydroxylation is 2. The van der Waals surface area contributed by atoms with Crippen LogP contribution in [0.5, 0.6) is 11.6 Å². The lowest BCUT2D eigenvalue weighted by atomic mass is 10.1. The highest BCUT2D eigenvalue weighted by Gasteiger charge is 2.14. The SMILES string of the molecule is Cc1cc(Oc2cc([N+](=O)[O-])c(C)cn2)ccc1C(=O)O. The number of carboxylic acid groups (broad SMARTS) is 1. The summed E-state index contributed by atoms with van der Waals surface area (Å²) in [6, 6.07) is 5.66. The van der Waals surface area contributed by atoms with Crippen molar-refractivity contribution < 1.29 is 19.6 Å². The Morgan fingerprint density at radius 2 is 2.00 bits per heavy atom. The summed E-state index contributed by atoms with van der Waals surface area (Å²) < 4.78 is 5.43. The first kappa shape index (κ1) is 14.4. The highest BCUT2D eigenvalue weighted by atomic mass is 16.6. The summed E-state index contributed by atoms with van der Waals surface area (Å²) in [5, 5.41) is 19.8. The zero-order chi connectivity index (χ0) is 15.6. The number of pyridine rings is 1. The molecule has 108 valence electrons. The van der Waals surface area contributed by atoms with Gasteiger partial charge in [0, 0.05) is 11.8 Å². The zero-order valence-corrected chi connectivity index (χ0v) is 11.4. The molecule has 7 heteroatoms. The number of ether oxygens (including phenoxy) is 1. The molecule has 2 rings (SSSR count). The van der Waals surface area contributed by atoms with Crippen LogP contribution in [0.25, 0.3) is 0 Å². The molecule has 0 aliphatic heterocycles. The van der Waals surface area contributed by atoms with Crippen molar-refractivity contribution in [2.75, 3.05) is 0 Å². The molecule has 1 N–H and O–H groups in total. The first-order valence-corrected chi connectivity index (χ1v) is 6.01. The van der Waals surface area contributed by atoms with Gasteiger partial charge >= 0.3 is 5.97 Å². The van der Waals surface area contributed by atoms with Gasteiger partial charge in [0.15, 0.2) is 0 Å². The van der Waals surface area contributed by atoms with Crippen LogP contribution in [-0.2, 0) is 0 Å². The van der Waals surface area contributed by atoms with Crippen LogP contribution in [0, 0.1) is 24.0 Å². The highest BCUT2D eigenvalue weighted by molar-refractivity contribution is 5.89. The second-order valence-corrected chi connectivity index (χ2v) is 4.45. The van der Waals surface area contributed by atoms with Crippen molar-refractivity contribution >= 4 is 11.7 Å². The van der Waals surface area contributed by atoms with Gasteiger partial charge in [-0.1, -0.05) is 0 Å². The quantitative estimate of drug-likeness (QED) is 0.685. The third-order valence-electron chi connectivity index (χ3n) is 2.90. The van der Waals surface area contributed by atoms with Gasteiger partial charge < -0.3 is 9.84 Å². The van der Waals surface area contributed by atoms with Crippen molar-refractivity contribution in [1.29, 1.82) is 0 Å². The molecule has 0 aliphatic rings. The lowest BCUT2D eigenvalue weighted by Gasteiger charge is -2.07. The van der Waals surface area contributed by atoms with E-state index in [0.717, 1.165) is 0 Å².